The number of rotatable bonds is 6. The van der Waals surface area contributed by atoms with Crippen LogP contribution in [0.25, 0.3) is 0 Å². The fourth-order valence-corrected chi connectivity index (χ4v) is 3.80. The Morgan fingerprint density at radius 2 is 1.94 bits per heavy atom. The first-order chi connectivity index (χ1) is 16.3. The summed E-state index contributed by atoms with van der Waals surface area (Å²) < 4.78 is 53.0. The molecule has 0 aromatic heterocycles. The number of carbonyl (C=O) groups excluding carboxylic acids is 4. The second-order valence-corrected chi connectivity index (χ2v) is 7.91. The average Bonchev–Trinajstić information content (AvgIpc) is 3.12. The van der Waals surface area contributed by atoms with Crippen LogP contribution in [0.5, 0.6) is 0 Å². The smallest absolute Gasteiger partial charge is 0.322 e. The van der Waals surface area contributed by atoms with Gasteiger partial charge in [-0.2, -0.15) is 8.78 Å². The highest BCUT2D eigenvalue weighted by molar-refractivity contribution is 6.30. The Morgan fingerprint density at radius 3 is 2.66 bits per heavy atom. The number of nitrogens with one attached hydrogen (secondary N) is 1. The molecule has 2 unspecified atom stereocenters. The van der Waals surface area contributed by atoms with Crippen LogP contribution in [-0.4, -0.2) is 34.4 Å². The summed E-state index contributed by atoms with van der Waals surface area (Å²) in [6.07, 6.45) is -4.94. The predicted molar refractivity (Wildman–Crippen MR) is 111 cm³/mol. The summed E-state index contributed by atoms with van der Waals surface area (Å²) in [6.45, 7) is -0.0913. The standard InChI is InChI=1S/C23H19ClF2N2O4/c24-16-5-3-15(4-6-16)23(25,26)19(29)9-2-13-1-7-17-14(11-13)12-28(22(17)32)18-8-10-20(30)27-21(18)31/h1,3-7,11,18H,2,8-10,12H2,(H,27,30,31)/i2D,10D2. The third kappa shape index (κ3) is 4.14. The molecule has 4 rings (SSSR count). The summed E-state index contributed by atoms with van der Waals surface area (Å²) in [5.41, 5.74) is 0.326. The number of alkyl halides is 2. The van der Waals surface area contributed by atoms with Gasteiger partial charge in [-0.25, -0.2) is 0 Å². The van der Waals surface area contributed by atoms with Crippen molar-refractivity contribution in [3.8, 4) is 0 Å². The fourth-order valence-electron chi connectivity index (χ4n) is 3.67. The number of piperidine rings is 1. The number of nitrogens with zero attached hydrogens (tertiary/aromatic N) is 1. The van der Waals surface area contributed by atoms with Gasteiger partial charge in [0.1, 0.15) is 6.04 Å². The van der Waals surface area contributed by atoms with E-state index in [0.29, 0.717) is 5.56 Å². The number of imide groups is 1. The van der Waals surface area contributed by atoms with Gasteiger partial charge < -0.3 is 4.90 Å². The van der Waals surface area contributed by atoms with Crippen molar-refractivity contribution in [3.05, 3.63) is 69.7 Å². The van der Waals surface area contributed by atoms with Crippen molar-refractivity contribution in [2.24, 2.45) is 0 Å². The highest BCUT2D eigenvalue weighted by atomic mass is 35.5. The lowest BCUT2D eigenvalue weighted by atomic mass is 9.97. The van der Waals surface area contributed by atoms with Crippen molar-refractivity contribution in [2.75, 3.05) is 0 Å². The quantitative estimate of drug-likeness (QED) is 0.665. The summed E-state index contributed by atoms with van der Waals surface area (Å²) in [5.74, 6) is -7.66. The zero-order valence-electron chi connectivity index (χ0n) is 19.5. The van der Waals surface area contributed by atoms with E-state index in [-0.39, 0.29) is 22.7 Å². The van der Waals surface area contributed by atoms with Crippen molar-refractivity contribution < 1.29 is 32.1 Å². The number of aryl methyl sites for hydroxylation is 1. The molecular weight excluding hydrogens is 442 g/mol. The lowest BCUT2D eigenvalue weighted by Crippen LogP contribution is -2.52. The summed E-state index contributed by atoms with van der Waals surface area (Å²) in [6, 6.07) is 7.59. The summed E-state index contributed by atoms with van der Waals surface area (Å²) in [5, 5.41) is 2.17. The van der Waals surface area contributed by atoms with Gasteiger partial charge in [-0.1, -0.05) is 35.9 Å². The molecule has 6 nitrogen and oxygen atoms in total. The molecule has 2 aromatic rings. The number of benzene rings is 2. The maximum atomic E-state index is 14.6. The molecule has 2 heterocycles. The molecule has 9 heteroatoms. The summed E-state index contributed by atoms with van der Waals surface area (Å²) >= 11 is 5.71. The fraction of sp³-hybridized carbons (Fsp3) is 0.304. The third-order valence-corrected chi connectivity index (χ3v) is 5.66. The molecule has 0 bridgehead atoms. The van der Waals surface area contributed by atoms with E-state index < -0.39 is 66.6 Å². The molecule has 3 amide bonds. The second kappa shape index (κ2) is 8.43. The molecule has 0 saturated carbocycles. The zero-order valence-corrected chi connectivity index (χ0v) is 17.3. The number of amides is 3. The van der Waals surface area contributed by atoms with E-state index in [2.05, 4.69) is 0 Å². The summed E-state index contributed by atoms with van der Waals surface area (Å²) in [7, 11) is 0. The number of fused-ring (bicyclic) bond motifs is 1. The highest BCUT2D eigenvalue weighted by Gasteiger charge is 2.41. The van der Waals surface area contributed by atoms with Gasteiger partial charge in [-0.05, 0) is 42.1 Å². The largest absolute Gasteiger partial charge is 0.330 e. The van der Waals surface area contributed by atoms with Gasteiger partial charge in [0.15, 0.2) is 0 Å². The molecule has 2 aliphatic rings. The van der Waals surface area contributed by atoms with Crippen molar-refractivity contribution >= 4 is 35.1 Å². The Morgan fingerprint density at radius 1 is 1.22 bits per heavy atom. The van der Waals surface area contributed by atoms with E-state index in [4.69, 9.17) is 15.7 Å². The molecular formula is C23H19ClF2N2O4. The molecule has 2 atom stereocenters. The molecule has 1 N–H and O–H groups in total. The highest BCUT2D eigenvalue weighted by Crippen LogP contribution is 2.32. The Kier molecular flexibility index (Phi) is 4.86. The van der Waals surface area contributed by atoms with Gasteiger partial charge in [0.25, 0.3) is 5.91 Å². The van der Waals surface area contributed by atoms with Crippen LogP contribution in [0.3, 0.4) is 0 Å². The van der Waals surface area contributed by atoms with E-state index in [9.17, 15) is 28.0 Å². The molecule has 2 aliphatic heterocycles. The molecule has 1 fully saturated rings. The first-order valence-electron chi connectivity index (χ1n) is 11.3. The van der Waals surface area contributed by atoms with Crippen LogP contribution < -0.4 is 5.32 Å². The van der Waals surface area contributed by atoms with Crippen molar-refractivity contribution in [1.82, 2.24) is 10.2 Å². The van der Waals surface area contributed by atoms with Gasteiger partial charge in [0.05, 0.1) is 0 Å². The molecule has 1 saturated heterocycles. The Balaban J connectivity index is 1.50. The normalized spacial score (nSPS) is 22.5. The molecule has 0 radical (unpaired) electrons. The number of Topliss-reactive ketones (excluding diaryl/α,β-unsaturated/α-hetero) is 1. The lowest BCUT2D eigenvalue weighted by Gasteiger charge is -2.29. The maximum absolute atomic E-state index is 14.6. The van der Waals surface area contributed by atoms with Gasteiger partial charge in [-0.3, -0.25) is 24.5 Å². The Labute approximate surface area is 191 Å². The predicted octanol–water partition coefficient (Wildman–Crippen LogP) is 3.39. The minimum absolute atomic E-state index is 0.0913. The number of ketones is 1. The van der Waals surface area contributed by atoms with Crippen LogP contribution in [0.1, 0.15) is 50.4 Å². The Hall–Kier alpha value is -3.13. The SMILES string of the molecule is [2H]C(CC(=O)C(F)(F)c1ccc(Cl)cc1)c1ccc2c(c1)CN(C1CC([2H])([2H])C(=O)NC1=O)C2=O. The van der Waals surface area contributed by atoms with E-state index in [1.807, 2.05) is 5.32 Å². The number of halogens is 3. The van der Waals surface area contributed by atoms with Crippen molar-refractivity contribution in [2.45, 2.75) is 44.1 Å². The van der Waals surface area contributed by atoms with Gasteiger partial charge >= 0.3 is 5.92 Å². The van der Waals surface area contributed by atoms with E-state index in [1.54, 1.807) is 0 Å². The van der Waals surface area contributed by atoms with Crippen LogP contribution in [0.4, 0.5) is 8.78 Å². The monoisotopic (exact) mass is 463 g/mol. The van der Waals surface area contributed by atoms with Gasteiger partial charge in [0, 0.05) is 39.6 Å². The van der Waals surface area contributed by atoms with Crippen LogP contribution in [0.15, 0.2) is 42.5 Å². The average molecular weight is 464 g/mol. The first-order valence-corrected chi connectivity index (χ1v) is 10.1. The molecule has 166 valence electrons. The minimum atomic E-state index is -3.81. The molecule has 32 heavy (non-hydrogen) atoms. The minimum Gasteiger partial charge on any atom is -0.322 e. The van der Waals surface area contributed by atoms with Gasteiger partial charge in [0.2, 0.25) is 17.6 Å². The maximum Gasteiger partial charge on any atom is 0.330 e. The van der Waals surface area contributed by atoms with Crippen molar-refractivity contribution in [1.29, 1.82) is 0 Å². The van der Waals surface area contributed by atoms with E-state index in [1.165, 1.54) is 30.3 Å². The Bertz CT molecular complexity index is 1240. The molecule has 0 spiro atoms. The van der Waals surface area contributed by atoms with Crippen LogP contribution in [0.2, 0.25) is 5.02 Å². The topological polar surface area (TPSA) is 83.6 Å². The first kappa shape index (κ1) is 18.4. The zero-order chi connectivity index (χ0) is 25.7. The lowest BCUT2D eigenvalue weighted by molar-refractivity contribution is -0.144. The molecule has 0 aliphatic carbocycles. The van der Waals surface area contributed by atoms with Crippen LogP contribution in [-0.2, 0) is 33.2 Å². The number of hydrogen-bond acceptors (Lipinski definition) is 4. The molecule has 2 aromatic carbocycles. The number of carbonyl (C=O) groups is 4. The third-order valence-electron chi connectivity index (χ3n) is 5.41. The van der Waals surface area contributed by atoms with Crippen molar-refractivity contribution in [3.63, 3.8) is 0 Å². The summed E-state index contributed by atoms with van der Waals surface area (Å²) in [4.78, 5) is 50.2. The van der Waals surface area contributed by atoms with Crippen LogP contribution >= 0.6 is 11.6 Å². The number of hydrogen-bond donors (Lipinski definition) is 1. The van der Waals surface area contributed by atoms with E-state index >= 15 is 0 Å². The van der Waals surface area contributed by atoms with E-state index in [0.717, 1.165) is 17.0 Å². The van der Waals surface area contributed by atoms with Crippen LogP contribution in [0, 0.1) is 0 Å². The van der Waals surface area contributed by atoms with Gasteiger partial charge in [-0.15, -0.1) is 0 Å². The second-order valence-electron chi connectivity index (χ2n) is 7.48.